The van der Waals surface area contributed by atoms with Gasteiger partial charge in [-0.3, -0.25) is 10.0 Å². The van der Waals surface area contributed by atoms with Crippen LogP contribution in [-0.4, -0.2) is 35.7 Å². The lowest BCUT2D eigenvalue weighted by atomic mass is 10.1. The molecule has 0 fully saturated rings. The molecule has 6 heteroatoms. The van der Waals surface area contributed by atoms with Crippen LogP contribution in [0.15, 0.2) is 156 Å². The molecule has 0 aliphatic rings. The van der Waals surface area contributed by atoms with E-state index < -0.39 is 0 Å². The summed E-state index contributed by atoms with van der Waals surface area (Å²) in [6, 6.07) is 51.0. The Kier molecular flexibility index (Phi) is 7.23. The Labute approximate surface area is 273 Å². The maximum atomic E-state index is 4.72. The first-order chi connectivity index (χ1) is 23.1. The first-order valence-corrected chi connectivity index (χ1v) is 15.8. The third-order valence-electron chi connectivity index (χ3n) is 8.90. The SMILES string of the molecule is CN(/N=C/c1ccc2c(c1)c1ccccc1n2Cn1c2ccccc2c2cc(/C=N/N(C)c3ccccc3)ccc21)c1ccccc1. The first kappa shape index (κ1) is 28.3. The molecule has 0 unspecified atom stereocenters. The van der Waals surface area contributed by atoms with E-state index in [-0.39, 0.29) is 0 Å². The molecule has 0 aliphatic carbocycles. The Morgan fingerprint density at radius 2 is 0.830 bits per heavy atom. The number of anilines is 2. The maximum absolute atomic E-state index is 4.72. The smallest absolute Gasteiger partial charge is 0.100 e. The van der Waals surface area contributed by atoms with Crippen molar-refractivity contribution in [3.8, 4) is 0 Å². The number of hydrazone groups is 2. The molecule has 0 saturated heterocycles. The van der Waals surface area contributed by atoms with Gasteiger partial charge >= 0.3 is 0 Å². The van der Waals surface area contributed by atoms with E-state index in [9.17, 15) is 0 Å². The van der Waals surface area contributed by atoms with Crippen molar-refractivity contribution in [1.82, 2.24) is 9.13 Å². The average Bonchev–Trinajstić information content (AvgIpc) is 3.62. The molecule has 228 valence electrons. The minimum absolute atomic E-state index is 0.683. The van der Waals surface area contributed by atoms with Gasteiger partial charge in [-0.05, 0) is 71.8 Å². The fraction of sp³-hybridized carbons (Fsp3) is 0.0732. The molecule has 6 aromatic carbocycles. The average molecular weight is 611 g/mol. The lowest BCUT2D eigenvalue weighted by Crippen LogP contribution is -2.09. The van der Waals surface area contributed by atoms with Gasteiger partial charge in [0, 0.05) is 35.6 Å². The molecule has 0 radical (unpaired) electrons. The van der Waals surface area contributed by atoms with E-state index in [4.69, 9.17) is 10.2 Å². The fourth-order valence-electron chi connectivity index (χ4n) is 6.48. The molecule has 2 aromatic heterocycles. The summed E-state index contributed by atoms with van der Waals surface area (Å²) in [4.78, 5) is 0. The molecule has 2 heterocycles. The quantitative estimate of drug-likeness (QED) is 0.127. The number of aromatic nitrogens is 2. The summed E-state index contributed by atoms with van der Waals surface area (Å²) in [6.07, 6.45) is 3.87. The van der Waals surface area contributed by atoms with Crippen LogP contribution in [0.5, 0.6) is 0 Å². The monoisotopic (exact) mass is 610 g/mol. The van der Waals surface area contributed by atoms with E-state index in [0.717, 1.165) is 22.5 Å². The maximum Gasteiger partial charge on any atom is 0.100 e. The summed E-state index contributed by atoms with van der Waals surface area (Å²) in [7, 11) is 3.95. The van der Waals surface area contributed by atoms with Crippen molar-refractivity contribution in [3.05, 3.63) is 157 Å². The zero-order chi connectivity index (χ0) is 31.7. The minimum atomic E-state index is 0.683. The van der Waals surface area contributed by atoms with Gasteiger partial charge < -0.3 is 9.13 Å². The lowest BCUT2D eigenvalue weighted by Gasteiger charge is -2.13. The highest BCUT2D eigenvalue weighted by Crippen LogP contribution is 2.33. The number of benzene rings is 6. The third-order valence-corrected chi connectivity index (χ3v) is 8.90. The van der Waals surface area contributed by atoms with Crippen LogP contribution in [0.1, 0.15) is 11.1 Å². The van der Waals surface area contributed by atoms with E-state index >= 15 is 0 Å². The number of fused-ring (bicyclic) bond motifs is 6. The highest BCUT2D eigenvalue weighted by atomic mass is 15.4. The van der Waals surface area contributed by atoms with Crippen LogP contribution in [-0.2, 0) is 6.67 Å². The van der Waals surface area contributed by atoms with E-state index in [1.807, 2.05) is 72.9 Å². The summed E-state index contributed by atoms with van der Waals surface area (Å²) in [5.41, 5.74) is 9.02. The Balaban J connectivity index is 1.18. The van der Waals surface area contributed by atoms with E-state index in [1.165, 1.54) is 43.6 Å². The molecule has 6 nitrogen and oxygen atoms in total. The molecule has 0 amide bonds. The van der Waals surface area contributed by atoms with Gasteiger partial charge in [0.1, 0.15) is 6.67 Å². The zero-order valence-corrected chi connectivity index (χ0v) is 26.4. The van der Waals surface area contributed by atoms with Gasteiger partial charge in [0.2, 0.25) is 0 Å². The minimum Gasteiger partial charge on any atom is -0.322 e. The predicted octanol–water partition coefficient (Wildman–Crippen LogP) is 9.35. The Hall–Kier alpha value is -6.14. The summed E-state index contributed by atoms with van der Waals surface area (Å²) in [6.45, 7) is 0.683. The lowest BCUT2D eigenvalue weighted by molar-refractivity contribution is 0.682. The molecule has 0 N–H and O–H groups in total. The second-order valence-corrected chi connectivity index (χ2v) is 11.8. The van der Waals surface area contributed by atoms with Gasteiger partial charge in [0.05, 0.1) is 45.9 Å². The molecule has 0 saturated carbocycles. The fourth-order valence-corrected chi connectivity index (χ4v) is 6.48. The van der Waals surface area contributed by atoms with Gasteiger partial charge in [-0.25, -0.2) is 0 Å². The number of para-hydroxylation sites is 4. The van der Waals surface area contributed by atoms with Crippen LogP contribution < -0.4 is 10.0 Å². The summed E-state index contributed by atoms with van der Waals surface area (Å²) < 4.78 is 4.86. The van der Waals surface area contributed by atoms with E-state index in [1.54, 1.807) is 0 Å². The topological polar surface area (TPSA) is 41.1 Å². The number of hydrogen-bond acceptors (Lipinski definition) is 4. The van der Waals surface area contributed by atoms with Crippen LogP contribution >= 0.6 is 0 Å². The molecule has 47 heavy (non-hydrogen) atoms. The van der Waals surface area contributed by atoms with Crippen LogP contribution in [0.3, 0.4) is 0 Å². The summed E-state index contributed by atoms with van der Waals surface area (Å²) in [5, 5.41) is 18.1. The second kappa shape index (κ2) is 12.0. The molecular weight excluding hydrogens is 576 g/mol. The van der Waals surface area contributed by atoms with Crippen molar-refractivity contribution < 1.29 is 0 Å². The second-order valence-electron chi connectivity index (χ2n) is 11.8. The van der Waals surface area contributed by atoms with Gasteiger partial charge in [-0.15, -0.1) is 0 Å². The standard InChI is InChI=1S/C41H34N6/c1-44(32-13-5-3-6-14-32)42-27-30-21-23-40-36(25-30)34-17-9-11-19-38(34)46(40)29-47-39-20-12-10-18-35(39)37-26-31(22-24-41(37)47)28-43-45(2)33-15-7-4-8-16-33/h3-28H,29H2,1-2H3/b42-27+,43-28+. The normalized spacial score (nSPS) is 12.0. The molecule has 0 spiro atoms. The molecule has 8 aromatic rings. The Morgan fingerprint density at radius 3 is 1.28 bits per heavy atom. The number of nitrogens with zero attached hydrogens (tertiary/aromatic N) is 6. The molecule has 0 aliphatic heterocycles. The predicted molar refractivity (Wildman–Crippen MR) is 199 cm³/mol. The van der Waals surface area contributed by atoms with Crippen molar-refractivity contribution in [2.24, 2.45) is 10.2 Å². The molecule has 0 bridgehead atoms. The van der Waals surface area contributed by atoms with Crippen LogP contribution in [0, 0.1) is 0 Å². The first-order valence-electron chi connectivity index (χ1n) is 15.8. The third kappa shape index (κ3) is 5.30. The highest BCUT2D eigenvalue weighted by molar-refractivity contribution is 6.11. The Morgan fingerprint density at radius 1 is 0.447 bits per heavy atom. The Bertz CT molecular complexity index is 2250. The summed E-state index contributed by atoms with van der Waals surface area (Å²) >= 11 is 0. The van der Waals surface area contributed by atoms with Crippen LogP contribution in [0.4, 0.5) is 11.4 Å². The van der Waals surface area contributed by atoms with Crippen molar-refractivity contribution in [2.75, 3.05) is 24.1 Å². The van der Waals surface area contributed by atoms with Crippen molar-refractivity contribution in [1.29, 1.82) is 0 Å². The summed E-state index contributed by atoms with van der Waals surface area (Å²) in [5.74, 6) is 0. The van der Waals surface area contributed by atoms with Crippen LogP contribution in [0.2, 0.25) is 0 Å². The van der Waals surface area contributed by atoms with Gasteiger partial charge in [0.15, 0.2) is 0 Å². The number of rotatable bonds is 8. The van der Waals surface area contributed by atoms with Gasteiger partial charge in [-0.1, -0.05) is 84.9 Å². The van der Waals surface area contributed by atoms with Gasteiger partial charge in [-0.2, -0.15) is 10.2 Å². The molecule has 8 rings (SSSR count). The zero-order valence-electron chi connectivity index (χ0n) is 26.4. The van der Waals surface area contributed by atoms with E-state index in [2.05, 4.69) is 118 Å². The molecular formula is C41H34N6. The van der Waals surface area contributed by atoms with Gasteiger partial charge in [0.25, 0.3) is 0 Å². The molecule has 0 atom stereocenters. The van der Waals surface area contributed by atoms with Crippen LogP contribution in [0.25, 0.3) is 43.6 Å². The van der Waals surface area contributed by atoms with Crippen molar-refractivity contribution >= 4 is 67.4 Å². The van der Waals surface area contributed by atoms with Crippen molar-refractivity contribution in [3.63, 3.8) is 0 Å². The highest BCUT2D eigenvalue weighted by Gasteiger charge is 2.15. The number of hydrogen-bond donors (Lipinski definition) is 0. The largest absolute Gasteiger partial charge is 0.322 e. The van der Waals surface area contributed by atoms with Crippen molar-refractivity contribution in [2.45, 2.75) is 6.67 Å². The van der Waals surface area contributed by atoms with E-state index in [0.29, 0.717) is 6.67 Å².